The third kappa shape index (κ3) is 6.92. The Labute approximate surface area is 167 Å². The molecule has 0 aliphatic carbocycles. The number of rotatable bonds is 7. The zero-order chi connectivity index (χ0) is 19.1. The van der Waals surface area contributed by atoms with Crippen LogP contribution in [-0.4, -0.2) is 50.7 Å². The molecule has 0 aromatic heterocycles. The summed E-state index contributed by atoms with van der Waals surface area (Å²) in [7, 11) is 1.51. The molecule has 0 radical (unpaired) electrons. The van der Waals surface area contributed by atoms with Gasteiger partial charge in [0.2, 0.25) is 0 Å². The molecule has 2 atom stereocenters. The fourth-order valence-corrected chi connectivity index (χ4v) is 2.92. The quantitative estimate of drug-likeness (QED) is 0.650. The van der Waals surface area contributed by atoms with Crippen molar-refractivity contribution in [3.8, 4) is 11.5 Å². The van der Waals surface area contributed by atoms with Crippen molar-refractivity contribution < 1.29 is 19.1 Å². The Morgan fingerprint density at radius 2 is 2.04 bits per heavy atom. The number of piperidine rings is 1. The molecular formula is C19H30ClN3O4. The van der Waals surface area contributed by atoms with E-state index in [-0.39, 0.29) is 42.9 Å². The summed E-state index contributed by atoms with van der Waals surface area (Å²) in [5, 5.41) is 9.16. The highest BCUT2D eigenvalue weighted by Gasteiger charge is 2.23. The molecule has 27 heavy (non-hydrogen) atoms. The Morgan fingerprint density at radius 1 is 1.30 bits per heavy atom. The Hall–Kier alpha value is -1.99. The van der Waals surface area contributed by atoms with E-state index >= 15 is 0 Å². The maximum atomic E-state index is 12.5. The van der Waals surface area contributed by atoms with Crippen LogP contribution >= 0.6 is 12.4 Å². The summed E-state index contributed by atoms with van der Waals surface area (Å²) < 4.78 is 10.8. The van der Waals surface area contributed by atoms with Gasteiger partial charge >= 0.3 is 0 Å². The van der Waals surface area contributed by atoms with Crippen molar-refractivity contribution in [3.05, 3.63) is 23.8 Å². The molecule has 0 bridgehead atoms. The van der Waals surface area contributed by atoms with Crippen LogP contribution in [0.5, 0.6) is 11.5 Å². The number of halogens is 1. The molecule has 1 heterocycles. The van der Waals surface area contributed by atoms with Crippen LogP contribution in [0.15, 0.2) is 18.2 Å². The molecule has 0 spiro atoms. The molecule has 2 amide bonds. The van der Waals surface area contributed by atoms with Crippen LogP contribution in [0.4, 0.5) is 0 Å². The second kappa shape index (κ2) is 11.0. The van der Waals surface area contributed by atoms with E-state index in [1.807, 2.05) is 13.8 Å². The lowest BCUT2D eigenvalue weighted by molar-refractivity contribution is -0.123. The molecule has 1 aliphatic heterocycles. The number of amides is 2. The fraction of sp³-hybridized carbons (Fsp3) is 0.579. The first-order chi connectivity index (χ1) is 12.4. The summed E-state index contributed by atoms with van der Waals surface area (Å²) in [5.41, 5.74) is 0.506. The molecule has 7 nitrogen and oxygen atoms in total. The molecular weight excluding hydrogens is 370 g/mol. The predicted molar refractivity (Wildman–Crippen MR) is 107 cm³/mol. The molecule has 0 saturated carbocycles. The molecule has 1 saturated heterocycles. The van der Waals surface area contributed by atoms with Crippen molar-refractivity contribution in [2.45, 2.75) is 39.3 Å². The lowest BCUT2D eigenvalue weighted by atomic mass is 9.95. The van der Waals surface area contributed by atoms with Crippen LogP contribution in [0.3, 0.4) is 0 Å². The van der Waals surface area contributed by atoms with Gasteiger partial charge in [0.25, 0.3) is 11.8 Å². The average Bonchev–Trinajstić information content (AvgIpc) is 2.61. The van der Waals surface area contributed by atoms with Crippen molar-refractivity contribution in [2.75, 3.05) is 26.8 Å². The monoisotopic (exact) mass is 399 g/mol. The van der Waals surface area contributed by atoms with Gasteiger partial charge < -0.3 is 25.4 Å². The SMILES string of the molecule is COc1cc(C(=O)NC2CCNCC2C)ccc1OCC(=O)NC(C)C.Cl. The van der Waals surface area contributed by atoms with Crippen LogP contribution in [0.25, 0.3) is 0 Å². The summed E-state index contributed by atoms with van der Waals surface area (Å²) >= 11 is 0. The minimum absolute atomic E-state index is 0. The second-order valence-electron chi connectivity index (χ2n) is 6.93. The largest absolute Gasteiger partial charge is 0.493 e. The van der Waals surface area contributed by atoms with Crippen LogP contribution in [0.2, 0.25) is 0 Å². The maximum absolute atomic E-state index is 12.5. The van der Waals surface area contributed by atoms with Gasteiger partial charge in [-0.1, -0.05) is 6.92 Å². The fourth-order valence-electron chi connectivity index (χ4n) is 2.92. The Kier molecular flexibility index (Phi) is 9.38. The zero-order valence-electron chi connectivity index (χ0n) is 16.3. The topological polar surface area (TPSA) is 88.7 Å². The van der Waals surface area contributed by atoms with Gasteiger partial charge in [-0.15, -0.1) is 12.4 Å². The third-order valence-corrected chi connectivity index (χ3v) is 4.34. The molecule has 1 fully saturated rings. The predicted octanol–water partition coefficient (Wildman–Crippen LogP) is 1.75. The number of benzene rings is 1. The van der Waals surface area contributed by atoms with E-state index in [1.54, 1.807) is 18.2 Å². The van der Waals surface area contributed by atoms with E-state index in [0.717, 1.165) is 19.5 Å². The van der Waals surface area contributed by atoms with E-state index in [1.165, 1.54) is 7.11 Å². The Bertz CT molecular complexity index is 639. The highest BCUT2D eigenvalue weighted by molar-refractivity contribution is 5.95. The molecule has 1 aromatic carbocycles. The minimum atomic E-state index is -0.205. The summed E-state index contributed by atoms with van der Waals surface area (Å²) in [6, 6.07) is 5.18. The molecule has 1 aromatic rings. The van der Waals surface area contributed by atoms with Gasteiger partial charge in [-0.05, 0) is 57.5 Å². The molecule has 8 heteroatoms. The summed E-state index contributed by atoms with van der Waals surface area (Å²) in [4.78, 5) is 24.2. The zero-order valence-corrected chi connectivity index (χ0v) is 17.2. The van der Waals surface area contributed by atoms with Gasteiger partial charge in [0.1, 0.15) is 0 Å². The highest BCUT2D eigenvalue weighted by Crippen LogP contribution is 2.28. The molecule has 3 N–H and O–H groups in total. The third-order valence-electron chi connectivity index (χ3n) is 4.34. The first-order valence-corrected chi connectivity index (χ1v) is 9.02. The van der Waals surface area contributed by atoms with Crippen LogP contribution in [0, 0.1) is 5.92 Å². The van der Waals surface area contributed by atoms with Crippen molar-refractivity contribution in [2.24, 2.45) is 5.92 Å². The van der Waals surface area contributed by atoms with Gasteiger partial charge in [-0.2, -0.15) is 0 Å². The number of hydrogen-bond acceptors (Lipinski definition) is 5. The number of carbonyl (C=O) groups excluding carboxylic acids is 2. The standard InChI is InChI=1S/C19H29N3O4.ClH/c1-12(2)21-18(23)11-26-16-6-5-14(9-17(16)25-4)19(24)22-15-7-8-20-10-13(15)3;/h5-6,9,12-13,15,20H,7-8,10-11H2,1-4H3,(H,21,23)(H,22,24);1H. The number of ether oxygens (including phenoxy) is 2. The first kappa shape index (κ1) is 23.0. The van der Waals surface area contributed by atoms with Gasteiger partial charge in [-0.25, -0.2) is 0 Å². The van der Waals surface area contributed by atoms with Gasteiger partial charge in [-0.3, -0.25) is 9.59 Å². The van der Waals surface area contributed by atoms with Gasteiger partial charge in [0.05, 0.1) is 7.11 Å². The van der Waals surface area contributed by atoms with Crippen molar-refractivity contribution in [1.29, 1.82) is 0 Å². The number of methoxy groups -OCH3 is 1. The molecule has 1 aliphatic rings. The van der Waals surface area contributed by atoms with E-state index in [0.29, 0.717) is 23.0 Å². The van der Waals surface area contributed by atoms with E-state index < -0.39 is 0 Å². The van der Waals surface area contributed by atoms with Crippen molar-refractivity contribution in [1.82, 2.24) is 16.0 Å². The summed E-state index contributed by atoms with van der Waals surface area (Å²) in [6.45, 7) is 7.59. The Balaban J connectivity index is 0.00000364. The number of hydrogen-bond donors (Lipinski definition) is 3. The lowest BCUT2D eigenvalue weighted by Gasteiger charge is -2.30. The maximum Gasteiger partial charge on any atom is 0.258 e. The van der Waals surface area contributed by atoms with E-state index in [4.69, 9.17) is 9.47 Å². The van der Waals surface area contributed by atoms with Crippen LogP contribution in [0.1, 0.15) is 37.6 Å². The van der Waals surface area contributed by atoms with Crippen LogP contribution < -0.4 is 25.4 Å². The normalized spacial score (nSPS) is 19.0. The lowest BCUT2D eigenvalue weighted by Crippen LogP contribution is -2.48. The smallest absolute Gasteiger partial charge is 0.258 e. The number of nitrogens with one attached hydrogen (secondary N) is 3. The van der Waals surface area contributed by atoms with Crippen molar-refractivity contribution in [3.63, 3.8) is 0 Å². The van der Waals surface area contributed by atoms with Crippen molar-refractivity contribution >= 4 is 24.2 Å². The summed E-state index contributed by atoms with van der Waals surface area (Å²) in [5.74, 6) is 0.901. The number of carbonyl (C=O) groups is 2. The molecule has 2 rings (SSSR count). The van der Waals surface area contributed by atoms with E-state index in [9.17, 15) is 9.59 Å². The Morgan fingerprint density at radius 3 is 2.67 bits per heavy atom. The average molecular weight is 400 g/mol. The summed E-state index contributed by atoms with van der Waals surface area (Å²) in [6.07, 6.45) is 0.913. The molecule has 2 unspecified atom stereocenters. The van der Waals surface area contributed by atoms with Gasteiger partial charge in [0, 0.05) is 17.6 Å². The highest BCUT2D eigenvalue weighted by atomic mass is 35.5. The van der Waals surface area contributed by atoms with Crippen LogP contribution in [-0.2, 0) is 4.79 Å². The van der Waals surface area contributed by atoms with E-state index in [2.05, 4.69) is 22.9 Å². The minimum Gasteiger partial charge on any atom is -0.493 e. The second-order valence-corrected chi connectivity index (χ2v) is 6.93. The first-order valence-electron chi connectivity index (χ1n) is 9.02. The van der Waals surface area contributed by atoms with Gasteiger partial charge in [0.15, 0.2) is 18.1 Å². The molecule has 152 valence electrons.